The zero-order chi connectivity index (χ0) is 11.1. The molecule has 1 unspecified atom stereocenters. The average Bonchev–Trinajstić information content (AvgIpc) is 2.71. The molecule has 2 N–H and O–H groups in total. The molecule has 0 bridgehead atoms. The molecule has 6 nitrogen and oxygen atoms in total. The molecular weight excluding hydrogens is 198 g/mol. The fraction of sp³-hybridized carbons (Fsp3) is 0.778. The van der Waals surface area contributed by atoms with Crippen LogP contribution in [0.4, 0.5) is 0 Å². The topological polar surface area (TPSA) is 83.4 Å². The van der Waals surface area contributed by atoms with Crippen LogP contribution in [0.1, 0.15) is 24.2 Å². The van der Waals surface area contributed by atoms with Crippen molar-refractivity contribution < 1.29 is 14.0 Å². The summed E-state index contributed by atoms with van der Waals surface area (Å²) in [6.07, 6.45) is 1.30. The molecule has 1 rings (SSSR count). The number of hydrogen-bond acceptors (Lipinski definition) is 6. The maximum Gasteiger partial charge on any atom is 0.243 e. The summed E-state index contributed by atoms with van der Waals surface area (Å²) < 4.78 is 14.8. The van der Waals surface area contributed by atoms with Gasteiger partial charge in [0, 0.05) is 27.2 Å². The highest BCUT2D eigenvalue weighted by molar-refractivity contribution is 4.91. The Morgan fingerprint density at radius 2 is 2.07 bits per heavy atom. The first kappa shape index (κ1) is 12.1. The zero-order valence-corrected chi connectivity index (χ0v) is 9.10. The Kier molecular flexibility index (Phi) is 5.23. The lowest BCUT2D eigenvalue weighted by molar-refractivity contribution is 0.182. The first-order chi connectivity index (χ1) is 7.27. The minimum absolute atomic E-state index is 0.256. The molecule has 0 radical (unpaired) electrons. The maximum absolute atomic E-state index is 5.82. The highest BCUT2D eigenvalue weighted by atomic mass is 16.5. The molecule has 0 spiro atoms. The van der Waals surface area contributed by atoms with Crippen LogP contribution in [0.2, 0.25) is 0 Å². The lowest BCUT2D eigenvalue weighted by atomic mass is 10.2. The Bertz CT molecular complexity index is 277. The van der Waals surface area contributed by atoms with E-state index in [0.29, 0.717) is 37.8 Å². The van der Waals surface area contributed by atoms with Crippen LogP contribution < -0.4 is 5.73 Å². The van der Waals surface area contributed by atoms with Crippen molar-refractivity contribution in [3.05, 3.63) is 11.7 Å². The summed E-state index contributed by atoms with van der Waals surface area (Å²) >= 11 is 0. The van der Waals surface area contributed by atoms with E-state index in [9.17, 15) is 0 Å². The predicted molar refractivity (Wildman–Crippen MR) is 53.3 cm³/mol. The second-order valence-electron chi connectivity index (χ2n) is 3.18. The normalized spacial score (nSPS) is 13.0. The summed E-state index contributed by atoms with van der Waals surface area (Å²) in [6, 6.07) is -0.256. The number of hydrogen-bond donors (Lipinski definition) is 1. The van der Waals surface area contributed by atoms with Gasteiger partial charge in [0.25, 0.3) is 0 Å². The van der Waals surface area contributed by atoms with E-state index in [1.165, 1.54) is 0 Å². The summed E-state index contributed by atoms with van der Waals surface area (Å²) in [5.74, 6) is 1.08. The highest BCUT2D eigenvalue weighted by Crippen LogP contribution is 2.11. The molecule has 1 heterocycles. The predicted octanol–water partition coefficient (Wildman–Crippen LogP) is 0.295. The van der Waals surface area contributed by atoms with Gasteiger partial charge in [0.1, 0.15) is 0 Å². The van der Waals surface area contributed by atoms with Gasteiger partial charge in [-0.3, -0.25) is 0 Å². The average molecular weight is 215 g/mol. The van der Waals surface area contributed by atoms with Gasteiger partial charge in [0.2, 0.25) is 5.89 Å². The Morgan fingerprint density at radius 1 is 1.33 bits per heavy atom. The molecular formula is C9H17N3O3. The fourth-order valence-corrected chi connectivity index (χ4v) is 1.08. The van der Waals surface area contributed by atoms with Crippen LogP contribution in [0, 0.1) is 0 Å². The van der Waals surface area contributed by atoms with Gasteiger partial charge >= 0.3 is 0 Å². The van der Waals surface area contributed by atoms with Crippen LogP contribution in [0.5, 0.6) is 0 Å². The Balaban J connectivity index is 2.43. The molecule has 6 heteroatoms. The van der Waals surface area contributed by atoms with Gasteiger partial charge in [-0.05, 0) is 6.42 Å². The third kappa shape index (κ3) is 3.94. The van der Waals surface area contributed by atoms with Gasteiger partial charge in [-0.2, -0.15) is 4.98 Å². The van der Waals surface area contributed by atoms with E-state index in [1.54, 1.807) is 14.2 Å². The second-order valence-corrected chi connectivity index (χ2v) is 3.18. The van der Waals surface area contributed by atoms with Crippen LogP contribution in [0.15, 0.2) is 4.52 Å². The number of nitrogens with zero attached hydrogens (tertiary/aromatic N) is 2. The molecule has 15 heavy (non-hydrogen) atoms. The summed E-state index contributed by atoms with van der Waals surface area (Å²) in [5, 5.41) is 3.80. The Hall–Kier alpha value is -0.980. The van der Waals surface area contributed by atoms with Gasteiger partial charge in [-0.1, -0.05) is 5.16 Å². The Labute approximate surface area is 88.7 Å². The van der Waals surface area contributed by atoms with E-state index in [-0.39, 0.29) is 6.04 Å². The summed E-state index contributed by atoms with van der Waals surface area (Å²) in [6.45, 7) is 1.16. The largest absolute Gasteiger partial charge is 0.385 e. The minimum atomic E-state index is -0.256. The maximum atomic E-state index is 5.82. The zero-order valence-electron chi connectivity index (χ0n) is 9.10. The van der Waals surface area contributed by atoms with Crippen LogP contribution >= 0.6 is 0 Å². The third-order valence-electron chi connectivity index (χ3n) is 1.96. The van der Waals surface area contributed by atoms with E-state index < -0.39 is 0 Å². The molecule has 1 atom stereocenters. The molecule has 0 aliphatic carbocycles. The second kappa shape index (κ2) is 6.49. The van der Waals surface area contributed by atoms with Crippen LogP contribution in [0.25, 0.3) is 0 Å². The van der Waals surface area contributed by atoms with Gasteiger partial charge in [0.15, 0.2) is 5.82 Å². The fourth-order valence-electron chi connectivity index (χ4n) is 1.08. The van der Waals surface area contributed by atoms with E-state index in [4.69, 9.17) is 19.7 Å². The first-order valence-electron chi connectivity index (χ1n) is 4.84. The monoisotopic (exact) mass is 215 g/mol. The smallest absolute Gasteiger partial charge is 0.243 e. The number of aromatic nitrogens is 2. The molecule has 0 aromatic carbocycles. The molecule has 1 aromatic heterocycles. The SMILES string of the molecule is COCCc1noc(C(N)CCOC)n1. The quantitative estimate of drug-likeness (QED) is 0.704. The van der Waals surface area contributed by atoms with Crippen LogP contribution in [0.3, 0.4) is 0 Å². The number of ether oxygens (including phenoxy) is 2. The molecule has 86 valence electrons. The summed E-state index contributed by atoms with van der Waals surface area (Å²) in [7, 11) is 3.26. The van der Waals surface area contributed by atoms with E-state index in [0.717, 1.165) is 0 Å². The molecule has 0 aliphatic rings. The third-order valence-corrected chi connectivity index (χ3v) is 1.96. The van der Waals surface area contributed by atoms with Gasteiger partial charge in [0.05, 0.1) is 12.6 Å². The van der Waals surface area contributed by atoms with Crippen molar-refractivity contribution in [1.82, 2.24) is 10.1 Å². The highest BCUT2D eigenvalue weighted by Gasteiger charge is 2.14. The van der Waals surface area contributed by atoms with Crippen molar-refractivity contribution in [3.8, 4) is 0 Å². The molecule has 0 saturated heterocycles. The number of rotatable bonds is 7. The van der Waals surface area contributed by atoms with Crippen LogP contribution in [-0.4, -0.2) is 37.6 Å². The number of methoxy groups -OCH3 is 2. The molecule has 0 amide bonds. The van der Waals surface area contributed by atoms with E-state index in [1.807, 2.05) is 0 Å². The number of nitrogens with two attached hydrogens (primary N) is 1. The van der Waals surface area contributed by atoms with Gasteiger partial charge < -0.3 is 19.7 Å². The lowest BCUT2D eigenvalue weighted by Gasteiger charge is -2.04. The van der Waals surface area contributed by atoms with Crippen molar-refractivity contribution in [3.63, 3.8) is 0 Å². The van der Waals surface area contributed by atoms with Crippen molar-refractivity contribution in [1.29, 1.82) is 0 Å². The summed E-state index contributed by atoms with van der Waals surface area (Å²) in [4.78, 5) is 4.16. The Morgan fingerprint density at radius 3 is 2.73 bits per heavy atom. The minimum Gasteiger partial charge on any atom is -0.385 e. The van der Waals surface area contributed by atoms with E-state index in [2.05, 4.69) is 10.1 Å². The van der Waals surface area contributed by atoms with Crippen molar-refractivity contribution >= 4 is 0 Å². The van der Waals surface area contributed by atoms with Crippen molar-refractivity contribution in [2.24, 2.45) is 5.73 Å². The van der Waals surface area contributed by atoms with Gasteiger partial charge in [-0.25, -0.2) is 0 Å². The standard InChI is InChI=1S/C9H17N3O3/c1-13-5-3-7(10)9-11-8(12-15-9)4-6-14-2/h7H,3-6,10H2,1-2H3. The molecule has 0 saturated carbocycles. The van der Waals surface area contributed by atoms with E-state index >= 15 is 0 Å². The van der Waals surface area contributed by atoms with Crippen LogP contribution in [-0.2, 0) is 15.9 Å². The first-order valence-corrected chi connectivity index (χ1v) is 4.84. The molecule has 0 aliphatic heterocycles. The summed E-state index contributed by atoms with van der Waals surface area (Å²) in [5.41, 5.74) is 5.82. The van der Waals surface area contributed by atoms with Gasteiger partial charge in [-0.15, -0.1) is 0 Å². The van der Waals surface area contributed by atoms with Crippen molar-refractivity contribution in [2.75, 3.05) is 27.4 Å². The molecule has 0 fully saturated rings. The molecule has 1 aromatic rings. The van der Waals surface area contributed by atoms with Crippen molar-refractivity contribution in [2.45, 2.75) is 18.9 Å². The lowest BCUT2D eigenvalue weighted by Crippen LogP contribution is -2.13.